The third-order valence-corrected chi connectivity index (χ3v) is 3.97. The molecule has 1 aliphatic carbocycles. The summed E-state index contributed by atoms with van der Waals surface area (Å²) >= 11 is 0. The van der Waals surface area contributed by atoms with Crippen LogP contribution in [-0.2, 0) is 13.0 Å². The van der Waals surface area contributed by atoms with Gasteiger partial charge in [-0.15, -0.1) is 6.58 Å². The van der Waals surface area contributed by atoms with Gasteiger partial charge in [-0.2, -0.15) is 0 Å². The third-order valence-electron chi connectivity index (χ3n) is 3.97. The Morgan fingerprint density at radius 3 is 2.62 bits per heavy atom. The summed E-state index contributed by atoms with van der Waals surface area (Å²) in [4.78, 5) is 2.40. The van der Waals surface area contributed by atoms with Crippen molar-refractivity contribution < 1.29 is 9.84 Å². The lowest BCUT2D eigenvalue weighted by Crippen LogP contribution is -2.25. The van der Waals surface area contributed by atoms with Crippen molar-refractivity contribution in [2.24, 2.45) is 5.92 Å². The van der Waals surface area contributed by atoms with Crippen molar-refractivity contribution in [2.75, 3.05) is 19.7 Å². The predicted octanol–water partition coefficient (Wildman–Crippen LogP) is 3.75. The Balaban J connectivity index is 2.19. The lowest BCUT2D eigenvalue weighted by molar-refractivity contribution is 0.263. The molecule has 21 heavy (non-hydrogen) atoms. The fraction of sp³-hybridized carbons (Fsp3) is 0.556. The lowest BCUT2D eigenvalue weighted by Gasteiger charge is -2.22. The quantitative estimate of drug-likeness (QED) is 0.703. The highest BCUT2D eigenvalue weighted by Gasteiger charge is 2.24. The first kappa shape index (κ1) is 15.9. The predicted molar refractivity (Wildman–Crippen MR) is 86.9 cm³/mol. The van der Waals surface area contributed by atoms with Crippen molar-refractivity contribution in [2.45, 2.75) is 39.7 Å². The number of allylic oxidation sites excluding steroid dienone is 1. The minimum absolute atomic E-state index is 0.396. The van der Waals surface area contributed by atoms with E-state index in [2.05, 4.69) is 18.4 Å². The van der Waals surface area contributed by atoms with Crippen LogP contribution in [0.3, 0.4) is 0 Å². The number of nitrogens with zero attached hydrogens (tertiary/aromatic N) is 1. The van der Waals surface area contributed by atoms with E-state index in [0.717, 1.165) is 42.4 Å². The summed E-state index contributed by atoms with van der Waals surface area (Å²) in [7, 11) is 0. The molecular weight excluding hydrogens is 262 g/mol. The van der Waals surface area contributed by atoms with E-state index in [-0.39, 0.29) is 0 Å². The highest BCUT2D eigenvalue weighted by Crippen LogP contribution is 2.33. The van der Waals surface area contributed by atoms with Gasteiger partial charge in [0.15, 0.2) is 0 Å². The molecule has 0 saturated heterocycles. The molecule has 0 spiro atoms. The Kier molecular flexibility index (Phi) is 5.68. The van der Waals surface area contributed by atoms with Crippen LogP contribution in [0.15, 0.2) is 24.8 Å². The molecule has 0 radical (unpaired) electrons. The molecule has 0 aromatic heterocycles. The van der Waals surface area contributed by atoms with E-state index in [4.69, 9.17) is 4.74 Å². The maximum Gasteiger partial charge on any atom is 0.123 e. The minimum Gasteiger partial charge on any atom is -0.507 e. The zero-order valence-electron chi connectivity index (χ0n) is 13.3. The van der Waals surface area contributed by atoms with E-state index in [0.29, 0.717) is 18.8 Å². The van der Waals surface area contributed by atoms with Crippen LogP contribution in [-0.4, -0.2) is 29.7 Å². The number of phenolic OH excluding ortho intramolecular Hbond substituents is 1. The van der Waals surface area contributed by atoms with Crippen LogP contribution in [0.1, 0.15) is 37.8 Å². The molecule has 0 bridgehead atoms. The van der Waals surface area contributed by atoms with Crippen LogP contribution < -0.4 is 4.74 Å². The number of ether oxygens (including phenoxy) is 1. The van der Waals surface area contributed by atoms with E-state index < -0.39 is 0 Å². The van der Waals surface area contributed by atoms with E-state index in [1.54, 1.807) is 0 Å². The van der Waals surface area contributed by atoms with Crippen LogP contribution in [0.4, 0.5) is 0 Å². The Labute approximate surface area is 128 Å². The average molecular weight is 289 g/mol. The SMILES string of the molecule is C=CCc1cc(OCC)cc(CN(CC)CC2CC2)c1O. The summed E-state index contributed by atoms with van der Waals surface area (Å²) in [6.07, 6.45) is 5.18. The largest absolute Gasteiger partial charge is 0.507 e. The van der Waals surface area contributed by atoms with E-state index in [1.807, 2.05) is 25.1 Å². The third kappa shape index (κ3) is 4.50. The number of phenols is 1. The fourth-order valence-electron chi connectivity index (χ4n) is 2.62. The zero-order chi connectivity index (χ0) is 15.2. The second-order valence-electron chi connectivity index (χ2n) is 5.79. The van der Waals surface area contributed by atoms with Gasteiger partial charge in [0.05, 0.1) is 6.61 Å². The lowest BCUT2D eigenvalue weighted by atomic mass is 10.0. The van der Waals surface area contributed by atoms with Crippen molar-refractivity contribution >= 4 is 0 Å². The van der Waals surface area contributed by atoms with Gasteiger partial charge in [-0.3, -0.25) is 4.90 Å². The zero-order valence-corrected chi connectivity index (χ0v) is 13.3. The van der Waals surface area contributed by atoms with Gasteiger partial charge < -0.3 is 9.84 Å². The van der Waals surface area contributed by atoms with Crippen molar-refractivity contribution in [1.82, 2.24) is 4.90 Å². The molecule has 1 aliphatic rings. The summed E-state index contributed by atoms with van der Waals surface area (Å²) in [6, 6.07) is 3.89. The topological polar surface area (TPSA) is 32.7 Å². The molecule has 0 aliphatic heterocycles. The van der Waals surface area contributed by atoms with Crippen LogP contribution in [0.25, 0.3) is 0 Å². The van der Waals surface area contributed by atoms with Gasteiger partial charge in [0.2, 0.25) is 0 Å². The Morgan fingerprint density at radius 2 is 2.05 bits per heavy atom. The first-order valence-corrected chi connectivity index (χ1v) is 7.98. The molecule has 1 fully saturated rings. The number of rotatable bonds is 9. The van der Waals surface area contributed by atoms with E-state index in [1.165, 1.54) is 12.8 Å². The van der Waals surface area contributed by atoms with Gasteiger partial charge in [-0.1, -0.05) is 13.0 Å². The van der Waals surface area contributed by atoms with Gasteiger partial charge in [-0.25, -0.2) is 0 Å². The van der Waals surface area contributed by atoms with E-state index in [9.17, 15) is 5.11 Å². The molecule has 2 rings (SSSR count). The van der Waals surface area contributed by atoms with Gasteiger partial charge in [0, 0.05) is 24.2 Å². The summed E-state index contributed by atoms with van der Waals surface area (Å²) in [5.74, 6) is 2.09. The summed E-state index contributed by atoms with van der Waals surface area (Å²) < 4.78 is 5.63. The van der Waals surface area contributed by atoms with Gasteiger partial charge in [0.1, 0.15) is 11.5 Å². The standard InChI is InChI=1S/C18H27NO2/c1-4-7-15-10-17(21-6-3)11-16(18(15)20)13-19(5-2)12-14-8-9-14/h4,10-11,14,20H,1,5-9,12-13H2,2-3H3. The number of hydrogen-bond donors (Lipinski definition) is 1. The molecule has 1 saturated carbocycles. The second kappa shape index (κ2) is 7.51. The normalized spacial score (nSPS) is 14.4. The Morgan fingerprint density at radius 1 is 1.33 bits per heavy atom. The van der Waals surface area contributed by atoms with Crippen LogP contribution >= 0.6 is 0 Å². The van der Waals surface area contributed by atoms with Crippen molar-refractivity contribution in [3.05, 3.63) is 35.9 Å². The highest BCUT2D eigenvalue weighted by molar-refractivity contribution is 5.47. The van der Waals surface area contributed by atoms with Crippen LogP contribution in [0, 0.1) is 5.92 Å². The molecular formula is C18H27NO2. The number of hydrogen-bond acceptors (Lipinski definition) is 3. The van der Waals surface area contributed by atoms with Crippen molar-refractivity contribution in [3.8, 4) is 11.5 Å². The molecule has 3 nitrogen and oxygen atoms in total. The molecule has 3 heteroatoms. The molecule has 0 unspecified atom stereocenters. The van der Waals surface area contributed by atoms with Gasteiger partial charge in [0.25, 0.3) is 0 Å². The molecule has 116 valence electrons. The molecule has 0 amide bonds. The van der Waals surface area contributed by atoms with Gasteiger partial charge in [-0.05, 0) is 50.8 Å². The molecule has 1 N–H and O–H groups in total. The highest BCUT2D eigenvalue weighted by atomic mass is 16.5. The number of aromatic hydroxyl groups is 1. The van der Waals surface area contributed by atoms with Crippen LogP contribution in [0.5, 0.6) is 11.5 Å². The van der Waals surface area contributed by atoms with Gasteiger partial charge >= 0.3 is 0 Å². The second-order valence-corrected chi connectivity index (χ2v) is 5.79. The fourth-order valence-corrected chi connectivity index (χ4v) is 2.62. The smallest absolute Gasteiger partial charge is 0.123 e. The average Bonchev–Trinajstić information content (AvgIpc) is 3.27. The molecule has 0 heterocycles. The minimum atomic E-state index is 0.396. The van der Waals surface area contributed by atoms with Crippen molar-refractivity contribution in [1.29, 1.82) is 0 Å². The molecule has 0 atom stereocenters. The van der Waals surface area contributed by atoms with Crippen LogP contribution in [0.2, 0.25) is 0 Å². The maximum atomic E-state index is 10.5. The summed E-state index contributed by atoms with van der Waals surface area (Å²) in [6.45, 7) is 11.5. The summed E-state index contributed by atoms with van der Waals surface area (Å²) in [5, 5.41) is 10.5. The Hall–Kier alpha value is -1.48. The van der Waals surface area contributed by atoms with Crippen molar-refractivity contribution in [3.63, 3.8) is 0 Å². The number of benzene rings is 1. The van der Waals surface area contributed by atoms with E-state index >= 15 is 0 Å². The first-order valence-electron chi connectivity index (χ1n) is 7.98. The monoisotopic (exact) mass is 289 g/mol. The Bertz CT molecular complexity index is 480. The molecule has 1 aromatic rings. The molecule has 1 aromatic carbocycles. The maximum absolute atomic E-state index is 10.5. The first-order chi connectivity index (χ1) is 10.2. The summed E-state index contributed by atoms with van der Waals surface area (Å²) in [5.41, 5.74) is 1.86.